The molecule has 0 bridgehead atoms. The summed E-state index contributed by atoms with van der Waals surface area (Å²) in [4.78, 5) is 19.5. The number of thioether (sulfide) groups is 1. The standard InChI is InChI=1S/C24H19NO2S/c1-2-27-16-9-7-8-15(14-16)24-21-22(17-10-3-4-11-18(17)23(21)26)25-19-12-5-6-13-20(19)28-24/h3-14,21,24H,2H2,1H3/t21-,24-/m1/s1. The van der Waals surface area contributed by atoms with Crippen molar-refractivity contribution in [2.24, 2.45) is 10.9 Å². The molecule has 28 heavy (non-hydrogen) atoms. The van der Waals surface area contributed by atoms with Gasteiger partial charge in [-0.15, -0.1) is 11.8 Å². The van der Waals surface area contributed by atoms with Gasteiger partial charge in [0.15, 0.2) is 5.78 Å². The molecule has 1 heterocycles. The van der Waals surface area contributed by atoms with Crippen molar-refractivity contribution in [3.05, 3.63) is 89.5 Å². The number of carbonyl (C=O) groups is 1. The lowest BCUT2D eigenvalue weighted by Crippen LogP contribution is -2.22. The van der Waals surface area contributed by atoms with Crippen LogP contribution in [0, 0.1) is 5.92 Å². The van der Waals surface area contributed by atoms with Crippen LogP contribution in [0.25, 0.3) is 0 Å². The highest BCUT2D eigenvalue weighted by atomic mass is 32.2. The van der Waals surface area contributed by atoms with Gasteiger partial charge in [-0.2, -0.15) is 0 Å². The summed E-state index contributed by atoms with van der Waals surface area (Å²) in [5.74, 6) is 0.688. The van der Waals surface area contributed by atoms with Gasteiger partial charge in [0.05, 0.1) is 29.2 Å². The monoisotopic (exact) mass is 385 g/mol. The third kappa shape index (κ3) is 2.76. The van der Waals surface area contributed by atoms with E-state index >= 15 is 0 Å². The van der Waals surface area contributed by atoms with Crippen molar-refractivity contribution in [1.29, 1.82) is 0 Å². The van der Waals surface area contributed by atoms with Crippen LogP contribution in [0.3, 0.4) is 0 Å². The Labute approximate surface area is 168 Å². The first kappa shape index (κ1) is 17.3. The molecule has 2 aliphatic rings. The first-order chi connectivity index (χ1) is 13.8. The highest BCUT2D eigenvalue weighted by molar-refractivity contribution is 7.99. The van der Waals surface area contributed by atoms with E-state index in [1.807, 2.05) is 61.5 Å². The molecule has 0 aromatic heterocycles. The SMILES string of the molecule is CCOc1cccc([C@H]2Sc3ccccc3N=C3c4ccccc4C(=O)[C@@H]32)c1. The smallest absolute Gasteiger partial charge is 0.174 e. The molecule has 0 unspecified atom stereocenters. The minimum absolute atomic E-state index is 0.0530. The lowest BCUT2D eigenvalue weighted by atomic mass is 9.93. The van der Waals surface area contributed by atoms with Crippen LogP contribution in [0.15, 0.2) is 82.7 Å². The van der Waals surface area contributed by atoms with Gasteiger partial charge in [-0.1, -0.05) is 48.5 Å². The van der Waals surface area contributed by atoms with Crippen molar-refractivity contribution in [3.8, 4) is 5.75 Å². The Morgan fingerprint density at radius 3 is 2.61 bits per heavy atom. The number of benzene rings is 3. The molecule has 0 N–H and O–H groups in total. The van der Waals surface area contributed by atoms with Gasteiger partial charge in [0, 0.05) is 16.0 Å². The van der Waals surface area contributed by atoms with Crippen LogP contribution in [0.5, 0.6) is 5.75 Å². The van der Waals surface area contributed by atoms with Crippen molar-refractivity contribution in [1.82, 2.24) is 0 Å². The number of rotatable bonds is 3. The summed E-state index contributed by atoms with van der Waals surface area (Å²) in [5, 5.41) is -0.0530. The average Bonchev–Trinajstić information content (AvgIpc) is 2.89. The van der Waals surface area contributed by atoms with Crippen molar-refractivity contribution >= 4 is 28.9 Å². The topological polar surface area (TPSA) is 38.7 Å². The van der Waals surface area contributed by atoms with Crippen molar-refractivity contribution < 1.29 is 9.53 Å². The first-order valence-electron chi connectivity index (χ1n) is 9.47. The highest BCUT2D eigenvalue weighted by Crippen LogP contribution is 2.51. The fraction of sp³-hybridized carbons (Fsp3) is 0.167. The Balaban J connectivity index is 1.70. The van der Waals surface area contributed by atoms with E-state index in [0.717, 1.165) is 38.7 Å². The zero-order chi connectivity index (χ0) is 19.1. The normalized spacial score (nSPS) is 19.9. The molecular weight excluding hydrogens is 366 g/mol. The van der Waals surface area contributed by atoms with Gasteiger partial charge in [-0.25, -0.2) is 0 Å². The van der Waals surface area contributed by atoms with Crippen LogP contribution in [0.4, 0.5) is 5.69 Å². The molecule has 0 fully saturated rings. The lowest BCUT2D eigenvalue weighted by Gasteiger charge is -2.22. The predicted octanol–water partition coefficient (Wildman–Crippen LogP) is 5.87. The van der Waals surface area contributed by atoms with Crippen LogP contribution < -0.4 is 4.74 Å². The quantitative estimate of drug-likeness (QED) is 0.566. The van der Waals surface area contributed by atoms with E-state index in [9.17, 15) is 4.79 Å². The minimum Gasteiger partial charge on any atom is -0.494 e. The van der Waals surface area contributed by atoms with Crippen LogP contribution in [0.1, 0.15) is 33.7 Å². The molecule has 1 aliphatic heterocycles. The summed E-state index contributed by atoms with van der Waals surface area (Å²) in [6, 6.07) is 24.1. The maximum Gasteiger partial charge on any atom is 0.174 e. The fourth-order valence-corrected chi connectivity index (χ4v) is 5.32. The number of ketones is 1. The van der Waals surface area contributed by atoms with Crippen molar-refractivity contribution in [2.45, 2.75) is 17.1 Å². The van der Waals surface area contributed by atoms with Gasteiger partial charge in [0.1, 0.15) is 5.75 Å². The number of hydrogen-bond acceptors (Lipinski definition) is 4. The molecule has 138 valence electrons. The Hall–Kier alpha value is -2.85. The largest absolute Gasteiger partial charge is 0.494 e. The molecule has 0 spiro atoms. The van der Waals surface area contributed by atoms with Gasteiger partial charge in [0.2, 0.25) is 0 Å². The number of nitrogens with zero attached hydrogens (tertiary/aromatic N) is 1. The number of para-hydroxylation sites is 1. The first-order valence-corrected chi connectivity index (χ1v) is 10.3. The summed E-state index contributed by atoms with van der Waals surface area (Å²) in [6.45, 7) is 2.59. The molecule has 1 aliphatic carbocycles. The molecule has 0 radical (unpaired) electrons. The van der Waals surface area contributed by atoms with Gasteiger partial charge in [0.25, 0.3) is 0 Å². The zero-order valence-corrected chi connectivity index (χ0v) is 16.3. The van der Waals surface area contributed by atoms with Gasteiger partial charge >= 0.3 is 0 Å². The molecule has 3 aromatic carbocycles. The Bertz CT molecular complexity index is 1110. The van der Waals surface area contributed by atoms with Crippen LogP contribution in [-0.4, -0.2) is 18.1 Å². The van der Waals surface area contributed by atoms with Crippen molar-refractivity contribution in [2.75, 3.05) is 6.61 Å². The Kier molecular flexibility index (Phi) is 4.29. The van der Waals surface area contributed by atoms with E-state index in [0.29, 0.717) is 6.61 Å². The molecule has 0 saturated carbocycles. The molecule has 0 amide bonds. The number of fused-ring (bicyclic) bond motifs is 4. The third-order valence-electron chi connectivity index (χ3n) is 5.21. The van der Waals surface area contributed by atoms with Crippen LogP contribution >= 0.6 is 11.8 Å². The van der Waals surface area contributed by atoms with Gasteiger partial charge in [-0.3, -0.25) is 9.79 Å². The molecule has 4 heteroatoms. The fourth-order valence-electron chi connectivity index (χ4n) is 3.98. The molecule has 3 aromatic rings. The molecular formula is C24H19NO2S. The zero-order valence-electron chi connectivity index (χ0n) is 15.5. The summed E-state index contributed by atoms with van der Waals surface area (Å²) in [7, 11) is 0. The van der Waals surface area contributed by atoms with Gasteiger partial charge < -0.3 is 4.74 Å². The summed E-state index contributed by atoms with van der Waals surface area (Å²) in [6.07, 6.45) is 0. The second-order valence-electron chi connectivity index (χ2n) is 6.90. The van der Waals surface area contributed by atoms with E-state index in [-0.39, 0.29) is 17.0 Å². The van der Waals surface area contributed by atoms with E-state index in [1.165, 1.54) is 0 Å². The summed E-state index contributed by atoms with van der Waals surface area (Å²) >= 11 is 1.72. The number of ether oxygens (including phenoxy) is 1. The maximum atomic E-state index is 13.4. The van der Waals surface area contributed by atoms with Crippen LogP contribution in [0.2, 0.25) is 0 Å². The Morgan fingerprint density at radius 1 is 0.964 bits per heavy atom. The molecule has 3 nitrogen and oxygen atoms in total. The van der Waals surface area contributed by atoms with Gasteiger partial charge in [-0.05, 0) is 36.8 Å². The van der Waals surface area contributed by atoms with E-state index < -0.39 is 0 Å². The second kappa shape index (κ2) is 6.95. The van der Waals surface area contributed by atoms with E-state index in [2.05, 4.69) is 18.2 Å². The maximum absolute atomic E-state index is 13.4. The number of hydrogen-bond donors (Lipinski definition) is 0. The van der Waals surface area contributed by atoms with Crippen molar-refractivity contribution in [3.63, 3.8) is 0 Å². The number of Topliss-reactive ketones (excluding diaryl/α,β-unsaturated/α-hetero) is 1. The second-order valence-corrected chi connectivity index (χ2v) is 8.08. The molecule has 5 rings (SSSR count). The number of carbonyl (C=O) groups excluding carboxylic acids is 1. The average molecular weight is 385 g/mol. The molecule has 2 atom stereocenters. The van der Waals surface area contributed by atoms with E-state index in [4.69, 9.17) is 9.73 Å². The van der Waals surface area contributed by atoms with Crippen LogP contribution in [-0.2, 0) is 0 Å². The third-order valence-corrected chi connectivity index (χ3v) is 6.60. The predicted molar refractivity (Wildman–Crippen MR) is 113 cm³/mol. The minimum atomic E-state index is -0.299. The summed E-state index contributed by atoms with van der Waals surface area (Å²) < 4.78 is 5.71. The Morgan fingerprint density at radius 2 is 1.75 bits per heavy atom. The van der Waals surface area contributed by atoms with E-state index in [1.54, 1.807) is 11.8 Å². The molecule has 0 saturated heterocycles. The summed E-state index contributed by atoms with van der Waals surface area (Å²) in [5.41, 5.74) is 4.63. The highest BCUT2D eigenvalue weighted by Gasteiger charge is 2.44. The lowest BCUT2D eigenvalue weighted by molar-refractivity contribution is 0.0960. The number of aliphatic imine (C=N–C) groups is 1.